The maximum absolute atomic E-state index is 12.9. The molecular formula is C25H27NO6S. The highest BCUT2D eigenvalue weighted by molar-refractivity contribution is 7.89. The van der Waals surface area contributed by atoms with Crippen molar-refractivity contribution in [2.75, 3.05) is 0 Å². The second kappa shape index (κ2) is 9.49. The number of fused-ring (bicyclic) bond motifs is 3. The van der Waals surface area contributed by atoms with Crippen molar-refractivity contribution >= 4 is 27.0 Å². The molecule has 8 heteroatoms. The summed E-state index contributed by atoms with van der Waals surface area (Å²) in [5.74, 6) is -0.519. The zero-order valence-electron chi connectivity index (χ0n) is 18.7. The first-order valence-corrected chi connectivity index (χ1v) is 12.7. The Labute approximate surface area is 192 Å². The normalized spacial score (nSPS) is 14.6. The molecule has 1 heterocycles. The molecule has 1 aliphatic carbocycles. The van der Waals surface area contributed by atoms with Crippen molar-refractivity contribution in [3.05, 3.63) is 69.6 Å². The van der Waals surface area contributed by atoms with Gasteiger partial charge in [0.05, 0.1) is 4.90 Å². The Morgan fingerprint density at radius 1 is 1.09 bits per heavy atom. The summed E-state index contributed by atoms with van der Waals surface area (Å²) in [7, 11) is -3.90. The molecule has 0 fully saturated rings. The average molecular weight is 470 g/mol. The van der Waals surface area contributed by atoms with Crippen molar-refractivity contribution in [1.29, 1.82) is 0 Å². The van der Waals surface area contributed by atoms with Crippen LogP contribution in [0.3, 0.4) is 0 Å². The minimum atomic E-state index is -3.90. The summed E-state index contributed by atoms with van der Waals surface area (Å²) in [5, 5.41) is 0.842. The summed E-state index contributed by atoms with van der Waals surface area (Å²) >= 11 is 0. The maximum atomic E-state index is 12.9. The fourth-order valence-electron chi connectivity index (χ4n) is 4.16. The molecule has 0 amide bonds. The number of sulfonamides is 1. The molecule has 0 radical (unpaired) electrons. The SMILES string of the molecule is CCC[C@@H](NS(=O)(=O)c1ccc(C)cc1)C(=O)Oc1ccc2c3c(c(=O)oc2c1)CCCC3. The van der Waals surface area contributed by atoms with Gasteiger partial charge < -0.3 is 9.15 Å². The van der Waals surface area contributed by atoms with Crippen LogP contribution in [-0.4, -0.2) is 20.4 Å². The molecule has 0 spiro atoms. The third-order valence-electron chi connectivity index (χ3n) is 5.90. The lowest BCUT2D eigenvalue weighted by Gasteiger charge is -2.18. The average Bonchev–Trinajstić information content (AvgIpc) is 2.79. The van der Waals surface area contributed by atoms with Gasteiger partial charge in [0.1, 0.15) is 17.4 Å². The molecule has 174 valence electrons. The summed E-state index contributed by atoms with van der Waals surface area (Å²) in [6, 6.07) is 10.3. The Hall–Kier alpha value is -2.97. The number of ether oxygens (including phenoxy) is 1. The highest BCUT2D eigenvalue weighted by Crippen LogP contribution is 2.29. The van der Waals surface area contributed by atoms with E-state index in [9.17, 15) is 18.0 Å². The van der Waals surface area contributed by atoms with Gasteiger partial charge in [-0.15, -0.1) is 0 Å². The molecule has 0 aliphatic heterocycles. The topological polar surface area (TPSA) is 103 Å². The number of nitrogens with one attached hydrogen (secondary N) is 1. The van der Waals surface area contributed by atoms with E-state index in [0.29, 0.717) is 18.4 Å². The van der Waals surface area contributed by atoms with Crippen molar-refractivity contribution < 1.29 is 22.4 Å². The molecule has 33 heavy (non-hydrogen) atoms. The Kier molecular flexibility index (Phi) is 6.67. The van der Waals surface area contributed by atoms with Gasteiger partial charge in [0.15, 0.2) is 0 Å². The Morgan fingerprint density at radius 2 is 1.79 bits per heavy atom. The number of carbonyl (C=O) groups excluding carboxylic acids is 1. The molecule has 3 aromatic rings. The van der Waals surface area contributed by atoms with Crippen molar-refractivity contribution in [3.8, 4) is 5.75 Å². The lowest BCUT2D eigenvalue weighted by molar-refractivity contribution is -0.136. The van der Waals surface area contributed by atoms with Crippen LogP contribution in [0, 0.1) is 6.92 Å². The molecule has 1 N–H and O–H groups in total. The maximum Gasteiger partial charge on any atom is 0.339 e. The van der Waals surface area contributed by atoms with Gasteiger partial charge in [0.2, 0.25) is 10.0 Å². The molecule has 2 aromatic carbocycles. The van der Waals surface area contributed by atoms with Gasteiger partial charge >= 0.3 is 11.6 Å². The lowest BCUT2D eigenvalue weighted by atomic mass is 9.91. The minimum absolute atomic E-state index is 0.0826. The molecule has 0 unspecified atom stereocenters. The molecule has 1 atom stereocenters. The molecular weight excluding hydrogens is 442 g/mol. The van der Waals surface area contributed by atoms with Gasteiger partial charge in [-0.3, -0.25) is 0 Å². The van der Waals surface area contributed by atoms with Crippen molar-refractivity contribution in [2.45, 2.75) is 63.3 Å². The van der Waals surface area contributed by atoms with Crippen LogP contribution in [0.15, 0.2) is 56.6 Å². The smallest absolute Gasteiger partial charge is 0.339 e. The van der Waals surface area contributed by atoms with Crippen molar-refractivity contribution in [3.63, 3.8) is 0 Å². The van der Waals surface area contributed by atoms with E-state index in [1.807, 2.05) is 13.8 Å². The van der Waals surface area contributed by atoms with E-state index >= 15 is 0 Å². The highest BCUT2D eigenvalue weighted by Gasteiger charge is 2.27. The van der Waals surface area contributed by atoms with Crippen LogP contribution in [0.25, 0.3) is 11.0 Å². The number of hydrogen-bond donors (Lipinski definition) is 1. The Morgan fingerprint density at radius 3 is 2.48 bits per heavy atom. The first-order valence-electron chi connectivity index (χ1n) is 11.2. The molecule has 1 aromatic heterocycles. The van der Waals surface area contributed by atoms with Gasteiger partial charge in [0, 0.05) is 17.0 Å². The second-order valence-electron chi connectivity index (χ2n) is 8.41. The van der Waals surface area contributed by atoms with Gasteiger partial charge in [-0.25, -0.2) is 18.0 Å². The van der Waals surface area contributed by atoms with Gasteiger partial charge in [-0.1, -0.05) is 31.0 Å². The van der Waals surface area contributed by atoms with Crippen LogP contribution in [0.1, 0.15) is 49.3 Å². The molecule has 1 aliphatic rings. The third-order valence-corrected chi connectivity index (χ3v) is 7.39. The van der Waals surface area contributed by atoms with Crippen LogP contribution in [0.4, 0.5) is 0 Å². The molecule has 0 saturated heterocycles. The number of esters is 1. The number of rotatable bonds is 7. The largest absolute Gasteiger partial charge is 0.425 e. The molecule has 0 saturated carbocycles. The van der Waals surface area contributed by atoms with E-state index < -0.39 is 22.0 Å². The predicted octanol–water partition coefficient (Wildman–Crippen LogP) is 4.03. The summed E-state index contributed by atoms with van der Waals surface area (Å²) in [5.41, 5.74) is 2.67. The Bertz CT molecular complexity index is 1340. The summed E-state index contributed by atoms with van der Waals surface area (Å²) in [6.45, 7) is 3.72. The van der Waals surface area contributed by atoms with Crippen LogP contribution < -0.4 is 15.1 Å². The van der Waals surface area contributed by atoms with Gasteiger partial charge in [-0.05, 0) is 68.9 Å². The van der Waals surface area contributed by atoms with Crippen LogP contribution in [-0.2, 0) is 27.7 Å². The third kappa shape index (κ3) is 5.02. The van der Waals surface area contributed by atoms with Crippen molar-refractivity contribution in [2.24, 2.45) is 0 Å². The fourth-order valence-corrected chi connectivity index (χ4v) is 5.38. The van der Waals surface area contributed by atoms with E-state index in [1.54, 1.807) is 24.3 Å². The lowest BCUT2D eigenvalue weighted by Crippen LogP contribution is -2.42. The quantitative estimate of drug-likeness (QED) is 0.318. The highest BCUT2D eigenvalue weighted by atomic mass is 32.2. The first-order chi connectivity index (χ1) is 15.8. The summed E-state index contributed by atoms with van der Waals surface area (Å²) in [6.07, 6.45) is 4.37. The second-order valence-corrected chi connectivity index (χ2v) is 10.1. The standard InChI is InChI=1S/C25H27NO6S/c1-3-6-22(26-33(29,30)18-12-9-16(2)10-13-18)25(28)31-17-11-14-20-19-7-4-5-8-21(19)24(27)32-23(20)15-17/h9-15,22,26H,3-8H2,1-2H3/t22-/m1/s1. The van der Waals surface area contributed by atoms with Crippen LogP contribution >= 0.6 is 0 Å². The monoisotopic (exact) mass is 469 g/mol. The Balaban J connectivity index is 1.57. The van der Waals surface area contributed by atoms with Crippen LogP contribution in [0.2, 0.25) is 0 Å². The van der Waals surface area contributed by atoms with E-state index in [-0.39, 0.29) is 22.7 Å². The summed E-state index contributed by atoms with van der Waals surface area (Å²) < 4.78 is 39.0. The van der Waals surface area contributed by atoms with E-state index in [2.05, 4.69) is 4.72 Å². The predicted molar refractivity (Wildman–Crippen MR) is 125 cm³/mol. The fraction of sp³-hybridized carbons (Fsp3) is 0.360. The van der Waals surface area contributed by atoms with E-state index in [1.165, 1.54) is 18.2 Å². The van der Waals surface area contributed by atoms with Gasteiger partial charge in [0.25, 0.3) is 0 Å². The number of carbonyl (C=O) groups is 1. The van der Waals surface area contributed by atoms with Gasteiger partial charge in [-0.2, -0.15) is 4.72 Å². The van der Waals surface area contributed by atoms with Crippen molar-refractivity contribution in [1.82, 2.24) is 4.72 Å². The number of hydrogen-bond acceptors (Lipinski definition) is 6. The van der Waals surface area contributed by atoms with E-state index in [0.717, 1.165) is 41.3 Å². The molecule has 0 bridgehead atoms. The van der Waals surface area contributed by atoms with Crippen LogP contribution in [0.5, 0.6) is 5.75 Å². The zero-order chi connectivity index (χ0) is 23.6. The summed E-state index contributed by atoms with van der Waals surface area (Å²) in [4.78, 5) is 25.3. The van der Waals surface area contributed by atoms with E-state index in [4.69, 9.17) is 9.15 Å². The number of benzene rings is 2. The minimum Gasteiger partial charge on any atom is -0.425 e. The number of aryl methyl sites for hydroxylation is 2. The molecule has 4 rings (SSSR count). The zero-order valence-corrected chi connectivity index (χ0v) is 19.5. The first kappa shape index (κ1) is 23.2. The molecule has 7 nitrogen and oxygen atoms in total.